The first kappa shape index (κ1) is 11.1. The predicted octanol–water partition coefficient (Wildman–Crippen LogP) is 0.709. The molecule has 1 heterocycles. The number of hydrogen-bond donors (Lipinski definition) is 1. The molecule has 0 fully saturated rings. The minimum absolute atomic E-state index is 0.217. The van der Waals surface area contributed by atoms with E-state index in [1.807, 2.05) is 0 Å². The quantitative estimate of drug-likeness (QED) is 0.817. The van der Waals surface area contributed by atoms with Crippen molar-refractivity contribution in [1.29, 1.82) is 0 Å². The summed E-state index contributed by atoms with van der Waals surface area (Å²) in [7, 11) is 0. The van der Waals surface area contributed by atoms with Crippen molar-refractivity contribution >= 4 is 28.6 Å². The van der Waals surface area contributed by atoms with Crippen LogP contribution < -0.4 is 5.56 Å². The van der Waals surface area contributed by atoms with Crippen LogP contribution in [0.2, 0.25) is 0 Å². The van der Waals surface area contributed by atoms with Gasteiger partial charge in [0.15, 0.2) is 0 Å². The number of carboxylic acids is 1. The van der Waals surface area contributed by atoms with E-state index in [2.05, 4.69) is 4.98 Å². The van der Waals surface area contributed by atoms with Gasteiger partial charge >= 0.3 is 5.97 Å². The van der Waals surface area contributed by atoms with Gasteiger partial charge in [0.1, 0.15) is 6.33 Å². The van der Waals surface area contributed by atoms with Crippen molar-refractivity contribution in [2.45, 2.75) is 13.2 Å². The lowest BCUT2D eigenvalue weighted by Gasteiger charge is -2.07. The average Bonchev–Trinajstić information content (AvgIpc) is 2.13. The molecule has 1 atom stereocenters. The smallest absolute Gasteiger partial charge is 0.360 e. The van der Waals surface area contributed by atoms with E-state index in [0.717, 1.165) is 6.33 Å². The van der Waals surface area contributed by atoms with Gasteiger partial charge in [0, 0.05) is 0 Å². The normalized spacial score (nSPS) is 12.5. The lowest BCUT2D eigenvalue weighted by atomic mass is 10.4. The minimum atomic E-state index is -2.39. The SMILES string of the molecule is Cc1ncn(C(F)C(=O)O)c(=O)c1I. The fourth-order valence-electron chi connectivity index (χ4n) is 0.806. The Morgan fingerprint density at radius 3 is 2.86 bits per heavy atom. The number of aliphatic carboxylic acids is 1. The molecule has 1 unspecified atom stereocenters. The second-order valence-corrected chi connectivity index (χ2v) is 3.61. The molecule has 0 spiro atoms. The van der Waals surface area contributed by atoms with Gasteiger partial charge in [0.25, 0.3) is 11.9 Å². The molecule has 1 rings (SSSR count). The Bertz CT molecular complexity index is 431. The van der Waals surface area contributed by atoms with Gasteiger partial charge in [-0.3, -0.25) is 9.36 Å². The van der Waals surface area contributed by atoms with E-state index < -0.39 is 17.8 Å². The number of aryl methyl sites for hydroxylation is 1. The highest BCUT2D eigenvalue weighted by Gasteiger charge is 2.20. The van der Waals surface area contributed by atoms with Gasteiger partial charge < -0.3 is 5.11 Å². The first-order valence-electron chi connectivity index (χ1n) is 3.55. The van der Waals surface area contributed by atoms with Crippen LogP contribution in [0, 0.1) is 10.5 Å². The van der Waals surface area contributed by atoms with Crippen molar-refractivity contribution in [3.05, 3.63) is 25.9 Å². The van der Waals surface area contributed by atoms with Crippen LogP contribution in [0.25, 0.3) is 0 Å². The fourth-order valence-corrected chi connectivity index (χ4v) is 1.22. The standard InChI is InChI=1S/C7H6FIN2O3/c1-3-4(9)6(12)11(2-10-3)5(8)7(13)14/h2,5H,1H3,(H,13,14). The fraction of sp³-hybridized carbons (Fsp3) is 0.286. The van der Waals surface area contributed by atoms with Crippen LogP contribution in [-0.4, -0.2) is 20.6 Å². The van der Waals surface area contributed by atoms with Crippen LogP contribution in [0.5, 0.6) is 0 Å². The number of rotatable bonds is 2. The van der Waals surface area contributed by atoms with Crippen LogP contribution in [0.4, 0.5) is 4.39 Å². The molecule has 0 aliphatic carbocycles. The number of alkyl halides is 1. The van der Waals surface area contributed by atoms with Gasteiger partial charge in [-0.15, -0.1) is 0 Å². The average molecular weight is 312 g/mol. The summed E-state index contributed by atoms with van der Waals surface area (Å²) in [5.41, 5.74) is -0.238. The number of carbonyl (C=O) groups is 1. The molecule has 1 aromatic rings. The molecule has 0 bridgehead atoms. The third-order valence-electron chi connectivity index (χ3n) is 1.56. The molecule has 1 N–H and O–H groups in total. The summed E-state index contributed by atoms with van der Waals surface area (Å²) in [5.74, 6) is -1.71. The molecule has 7 heteroatoms. The molecule has 76 valence electrons. The lowest BCUT2D eigenvalue weighted by Crippen LogP contribution is -2.29. The summed E-state index contributed by atoms with van der Waals surface area (Å²) in [4.78, 5) is 25.3. The maximum absolute atomic E-state index is 13.0. The molecule has 0 aliphatic heterocycles. The summed E-state index contributed by atoms with van der Waals surface area (Å²) in [6.45, 7) is 1.58. The van der Waals surface area contributed by atoms with E-state index >= 15 is 0 Å². The zero-order valence-corrected chi connectivity index (χ0v) is 9.23. The highest BCUT2D eigenvalue weighted by atomic mass is 127. The monoisotopic (exact) mass is 312 g/mol. The van der Waals surface area contributed by atoms with Crippen molar-refractivity contribution in [2.75, 3.05) is 0 Å². The van der Waals surface area contributed by atoms with Crippen LogP contribution in [0.3, 0.4) is 0 Å². The molecule has 0 radical (unpaired) electrons. The molecular formula is C7H6FIN2O3. The lowest BCUT2D eigenvalue weighted by molar-refractivity contribution is -0.146. The summed E-state index contributed by atoms with van der Waals surface area (Å²) in [6.07, 6.45) is -1.50. The molecule has 5 nitrogen and oxygen atoms in total. The van der Waals surface area contributed by atoms with E-state index in [-0.39, 0.29) is 3.57 Å². The number of nitrogens with zero attached hydrogens (tertiary/aromatic N) is 2. The second-order valence-electron chi connectivity index (χ2n) is 2.53. The third kappa shape index (κ3) is 1.91. The van der Waals surface area contributed by atoms with Gasteiger partial charge in [-0.2, -0.15) is 0 Å². The van der Waals surface area contributed by atoms with Crippen molar-refractivity contribution in [1.82, 2.24) is 9.55 Å². The molecule has 0 saturated carbocycles. The summed E-state index contributed by atoms with van der Waals surface area (Å²) in [5, 5.41) is 8.36. The Morgan fingerprint density at radius 1 is 1.79 bits per heavy atom. The van der Waals surface area contributed by atoms with Crippen LogP contribution >= 0.6 is 22.6 Å². The molecule has 14 heavy (non-hydrogen) atoms. The number of halogens is 2. The van der Waals surface area contributed by atoms with Gasteiger partial charge in [-0.05, 0) is 29.5 Å². The van der Waals surface area contributed by atoms with E-state index in [0.29, 0.717) is 10.3 Å². The summed E-state index contributed by atoms with van der Waals surface area (Å²) < 4.78 is 13.6. The molecular weight excluding hydrogens is 306 g/mol. The Kier molecular flexibility index (Phi) is 3.19. The molecule has 0 amide bonds. The first-order valence-corrected chi connectivity index (χ1v) is 4.63. The Morgan fingerprint density at radius 2 is 2.36 bits per heavy atom. The van der Waals surface area contributed by atoms with E-state index in [1.54, 1.807) is 29.5 Å². The molecule has 1 aromatic heterocycles. The van der Waals surface area contributed by atoms with Crippen molar-refractivity contribution in [3.63, 3.8) is 0 Å². The first-order chi connectivity index (χ1) is 6.45. The maximum atomic E-state index is 13.0. The summed E-state index contributed by atoms with van der Waals surface area (Å²) in [6, 6.07) is 0. The van der Waals surface area contributed by atoms with Gasteiger partial charge in [-0.1, -0.05) is 0 Å². The van der Waals surface area contributed by atoms with Crippen molar-refractivity contribution < 1.29 is 14.3 Å². The number of carboxylic acid groups (broad SMARTS) is 1. The molecule has 0 saturated heterocycles. The molecule has 0 aliphatic rings. The minimum Gasteiger partial charge on any atom is -0.478 e. The summed E-state index contributed by atoms with van der Waals surface area (Å²) >= 11 is 1.70. The third-order valence-corrected chi connectivity index (χ3v) is 2.81. The predicted molar refractivity (Wildman–Crippen MR) is 53.7 cm³/mol. The van der Waals surface area contributed by atoms with Gasteiger partial charge in [0.05, 0.1) is 9.26 Å². The van der Waals surface area contributed by atoms with Gasteiger partial charge in [-0.25, -0.2) is 14.2 Å². The second kappa shape index (κ2) is 4.03. The van der Waals surface area contributed by atoms with Crippen LogP contribution in [0.15, 0.2) is 11.1 Å². The zero-order chi connectivity index (χ0) is 10.9. The van der Waals surface area contributed by atoms with Crippen molar-refractivity contribution in [2.24, 2.45) is 0 Å². The van der Waals surface area contributed by atoms with Crippen molar-refractivity contribution in [3.8, 4) is 0 Å². The van der Waals surface area contributed by atoms with Crippen LogP contribution in [-0.2, 0) is 4.79 Å². The maximum Gasteiger partial charge on any atom is 0.360 e. The topological polar surface area (TPSA) is 72.2 Å². The number of hydrogen-bond acceptors (Lipinski definition) is 3. The van der Waals surface area contributed by atoms with Crippen LogP contribution in [0.1, 0.15) is 12.0 Å². The highest BCUT2D eigenvalue weighted by Crippen LogP contribution is 2.07. The Labute approximate surface area is 91.7 Å². The Balaban J connectivity index is 3.32. The number of aromatic nitrogens is 2. The van der Waals surface area contributed by atoms with E-state index in [1.165, 1.54) is 0 Å². The highest BCUT2D eigenvalue weighted by molar-refractivity contribution is 14.1. The largest absolute Gasteiger partial charge is 0.478 e. The van der Waals surface area contributed by atoms with E-state index in [4.69, 9.17) is 5.11 Å². The molecule has 0 aromatic carbocycles. The Hall–Kier alpha value is -0.990. The zero-order valence-electron chi connectivity index (χ0n) is 7.07. The van der Waals surface area contributed by atoms with Gasteiger partial charge in [0.2, 0.25) is 0 Å². The van der Waals surface area contributed by atoms with E-state index in [9.17, 15) is 14.0 Å².